The lowest BCUT2D eigenvalue weighted by Crippen LogP contribution is -2.35. The fourth-order valence-corrected chi connectivity index (χ4v) is 3.67. The van der Waals surface area contributed by atoms with Gasteiger partial charge >= 0.3 is 0 Å². The van der Waals surface area contributed by atoms with Crippen molar-refractivity contribution in [2.24, 2.45) is 0 Å². The van der Waals surface area contributed by atoms with Gasteiger partial charge in [-0.3, -0.25) is 4.79 Å². The fourth-order valence-electron chi connectivity index (χ4n) is 2.98. The molecule has 0 saturated carbocycles. The van der Waals surface area contributed by atoms with Crippen LogP contribution in [0.25, 0.3) is 11.0 Å². The van der Waals surface area contributed by atoms with Gasteiger partial charge in [0.05, 0.1) is 15.9 Å². The summed E-state index contributed by atoms with van der Waals surface area (Å²) in [5.41, 5.74) is 2.04. The molecule has 1 aliphatic rings. The van der Waals surface area contributed by atoms with E-state index in [-0.39, 0.29) is 5.91 Å². The zero-order valence-corrected chi connectivity index (χ0v) is 13.6. The van der Waals surface area contributed by atoms with Gasteiger partial charge in [-0.2, -0.15) is 0 Å². The maximum absolute atomic E-state index is 12.5. The van der Waals surface area contributed by atoms with Crippen molar-refractivity contribution in [2.45, 2.75) is 6.42 Å². The number of anilines is 1. The molecule has 0 radical (unpaired) electrons. The molecule has 1 aliphatic heterocycles. The van der Waals surface area contributed by atoms with Crippen molar-refractivity contribution in [3.8, 4) is 0 Å². The average molecular weight is 326 g/mol. The number of H-pyrrole nitrogens is 1. The Morgan fingerprint density at radius 2 is 2.00 bits per heavy atom. The highest BCUT2D eigenvalue weighted by atomic mass is 32.1. The van der Waals surface area contributed by atoms with Gasteiger partial charge in [-0.05, 0) is 30.0 Å². The normalized spacial score (nSPS) is 15.8. The maximum Gasteiger partial charge on any atom is 0.263 e. The van der Waals surface area contributed by atoms with E-state index in [1.807, 2.05) is 46.7 Å². The number of rotatable bonds is 2. The van der Waals surface area contributed by atoms with Gasteiger partial charge in [-0.25, -0.2) is 4.98 Å². The first kappa shape index (κ1) is 14.3. The first-order chi connectivity index (χ1) is 11.3. The van der Waals surface area contributed by atoms with Crippen molar-refractivity contribution >= 4 is 34.2 Å². The minimum Gasteiger partial charge on any atom is -0.341 e. The van der Waals surface area contributed by atoms with E-state index in [1.54, 1.807) is 0 Å². The smallest absolute Gasteiger partial charge is 0.263 e. The first-order valence-corrected chi connectivity index (χ1v) is 8.72. The number of nitrogens with one attached hydrogen (secondary N) is 1. The molecule has 1 fully saturated rings. The van der Waals surface area contributed by atoms with Crippen LogP contribution in [-0.4, -0.2) is 47.0 Å². The molecule has 0 unspecified atom stereocenters. The van der Waals surface area contributed by atoms with Gasteiger partial charge in [-0.15, -0.1) is 11.3 Å². The zero-order chi connectivity index (χ0) is 15.6. The topological polar surface area (TPSA) is 52.2 Å². The van der Waals surface area contributed by atoms with Crippen molar-refractivity contribution in [2.75, 3.05) is 31.1 Å². The molecule has 4 rings (SSSR count). The number of amides is 1. The van der Waals surface area contributed by atoms with Crippen molar-refractivity contribution in [3.63, 3.8) is 0 Å². The number of carbonyl (C=O) groups is 1. The molecule has 2 aromatic heterocycles. The Bertz CT molecular complexity index is 778. The van der Waals surface area contributed by atoms with Crippen molar-refractivity contribution < 1.29 is 4.79 Å². The molecule has 23 heavy (non-hydrogen) atoms. The van der Waals surface area contributed by atoms with Gasteiger partial charge in [0, 0.05) is 26.2 Å². The minimum atomic E-state index is 0.145. The van der Waals surface area contributed by atoms with Crippen LogP contribution in [-0.2, 0) is 0 Å². The van der Waals surface area contributed by atoms with Crippen LogP contribution in [0, 0.1) is 0 Å². The summed E-state index contributed by atoms with van der Waals surface area (Å²) < 4.78 is 0. The Morgan fingerprint density at radius 3 is 2.83 bits per heavy atom. The lowest BCUT2D eigenvalue weighted by Gasteiger charge is -2.21. The molecule has 3 aromatic rings. The molecule has 0 bridgehead atoms. The zero-order valence-electron chi connectivity index (χ0n) is 12.7. The molecule has 1 N–H and O–H groups in total. The van der Waals surface area contributed by atoms with E-state index in [9.17, 15) is 4.79 Å². The first-order valence-electron chi connectivity index (χ1n) is 7.84. The predicted octanol–water partition coefficient (Wildman–Crippen LogP) is 2.98. The summed E-state index contributed by atoms with van der Waals surface area (Å²) in [7, 11) is 0. The van der Waals surface area contributed by atoms with Crippen LogP contribution in [0.3, 0.4) is 0 Å². The molecule has 3 heterocycles. The Labute approximate surface area is 138 Å². The molecular formula is C17H18N4OS. The van der Waals surface area contributed by atoms with Gasteiger partial charge < -0.3 is 14.8 Å². The fraction of sp³-hybridized carbons (Fsp3) is 0.294. The number of aromatic nitrogens is 2. The molecule has 0 spiro atoms. The standard InChI is InChI=1S/C17H18N4OS/c22-16(15-7-3-12-23-15)20-8-4-9-21(11-10-20)17-18-13-5-1-2-6-14(13)19-17/h1-3,5-7,12H,4,8-11H2,(H,18,19). The number of aromatic amines is 1. The van der Waals surface area contributed by atoms with E-state index in [0.717, 1.165) is 54.5 Å². The summed E-state index contributed by atoms with van der Waals surface area (Å²) in [5, 5.41) is 1.95. The van der Waals surface area contributed by atoms with Crippen LogP contribution in [0.2, 0.25) is 0 Å². The van der Waals surface area contributed by atoms with Gasteiger partial charge in [0.15, 0.2) is 0 Å². The van der Waals surface area contributed by atoms with Crippen molar-refractivity contribution in [1.82, 2.24) is 14.9 Å². The van der Waals surface area contributed by atoms with Gasteiger partial charge in [0.25, 0.3) is 5.91 Å². The third-order valence-corrected chi connectivity index (χ3v) is 5.05. The Hall–Kier alpha value is -2.34. The van der Waals surface area contributed by atoms with Gasteiger partial charge in [0.2, 0.25) is 5.95 Å². The van der Waals surface area contributed by atoms with Gasteiger partial charge in [0.1, 0.15) is 0 Å². The number of para-hydroxylation sites is 2. The number of imidazole rings is 1. The molecule has 1 aromatic carbocycles. The number of carbonyl (C=O) groups excluding carboxylic acids is 1. The number of benzene rings is 1. The van der Waals surface area contributed by atoms with Gasteiger partial charge in [-0.1, -0.05) is 18.2 Å². The summed E-state index contributed by atoms with van der Waals surface area (Å²) >= 11 is 1.51. The van der Waals surface area contributed by atoms with E-state index >= 15 is 0 Å². The van der Waals surface area contributed by atoms with Crippen LogP contribution < -0.4 is 4.90 Å². The summed E-state index contributed by atoms with van der Waals surface area (Å²) in [4.78, 5) is 25.5. The average Bonchev–Trinajstić information content (AvgIpc) is 3.19. The largest absolute Gasteiger partial charge is 0.341 e. The van der Waals surface area contributed by atoms with E-state index in [1.165, 1.54) is 11.3 Å². The lowest BCUT2D eigenvalue weighted by molar-refractivity contribution is 0.0772. The number of fused-ring (bicyclic) bond motifs is 1. The SMILES string of the molecule is O=C(c1cccs1)N1CCCN(c2nc3ccccc3[nH]2)CC1. The summed E-state index contributed by atoms with van der Waals surface area (Å²) in [5.74, 6) is 1.04. The van der Waals surface area contributed by atoms with E-state index in [4.69, 9.17) is 0 Å². The summed E-state index contributed by atoms with van der Waals surface area (Å²) in [6, 6.07) is 11.9. The third-order valence-electron chi connectivity index (χ3n) is 4.19. The Morgan fingerprint density at radius 1 is 1.09 bits per heavy atom. The highest BCUT2D eigenvalue weighted by molar-refractivity contribution is 7.12. The highest BCUT2D eigenvalue weighted by Gasteiger charge is 2.22. The number of hydrogen-bond acceptors (Lipinski definition) is 4. The van der Waals surface area contributed by atoms with Crippen LogP contribution in [0.1, 0.15) is 16.1 Å². The minimum absolute atomic E-state index is 0.145. The second-order valence-corrected chi connectivity index (χ2v) is 6.64. The molecule has 5 nitrogen and oxygen atoms in total. The van der Waals surface area contributed by atoms with E-state index in [2.05, 4.69) is 14.9 Å². The van der Waals surface area contributed by atoms with Crippen molar-refractivity contribution in [3.05, 3.63) is 46.7 Å². The summed E-state index contributed by atoms with van der Waals surface area (Å²) in [6.45, 7) is 3.24. The molecular weight excluding hydrogens is 308 g/mol. The molecule has 0 atom stereocenters. The monoisotopic (exact) mass is 326 g/mol. The molecule has 0 aliphatic carbocycles. The molecule has 118 valence electrons. The van der Waals surface area contributed by atoms with Crippen LogP contribution in [0.15, 0.2) is 41.8 Å². The quantitative estimate of drug-likeness (QED) is 0.788. The van der Waals surface area contributed by atoms with Crippen molar-refractivity contribution in [1.29, 1.82) is 0 Å². The third kappa shape index (κ3) is 2.82. The highest BCUT2D eigenvalue weighted by Crippen LogP contribution is 2.19. The lowest BCUT2D eigenvalue weighted by atomic mass is 10.3. The number of thiophene rings is 1. The van der Waals surface area contributed by atoms with E-state index < -0.39 is 0 Å². The van der Waals surface area contributed by atoms with Crippen LogP contribution >= 0.6 is 11.3 Å². The second-order valence-electron chi connectivity index (χ2n) is 5.69. The number of nitrogens with zero attached hydrogens (tertiary/aromatic N) is 3. The van der Waals surface area contributed by atoms with Crippen LogP contribution in [0.4, 0.5) is 5.95 Å². The Balaban J connectivity index is 1.49. The molecule has 1 amide bonds. The van der Waals surface area contributed by atoms with Crippen LogP contribution in [0.5, 0.6) is 0 Å². The Kier molecular flexibility index (Phi) is 3.75. The van der Waals surface area contributed by atoms with E-state index in [0.29, 0.717) is 0 Å². The maximum atomic E-state index is 12.5. The summed E-state index contributed by atoms with van der Waals surface area (Å²) in [6.07, 6.45) is 0.953. The molecule has 6 heteroatoms. The number of hydrogen-bond donors (Lipinski definition) is 1. The second kappa shape index (κ2) is 6.04. The molecule has 1 saturated heterocycles. The predicted molar refractivity (Wildman–Crippen MR) is 93.1 cm³/mol.